The van der Waals surface area contributed by atoms with Gasteiger partial charge in [0.05, 0.1) is 11.4 Å². The fourth-order valence-electron chi connectivity index (χ4n) is 3.13. The molecule has 0 fully saturated rings. The summed E-state index contributed by atoms with van der Waals surface area (Å²) in [5.41, 5.74) is 1.81. The van der Waals surface area contributed by atoms with E-state index in [1.807, 2.05) is 71.5 Å². The van der Waals surface area contributed by atoms with E-state index < -0.39 is 0 Å². The van der Waals surface area contributed by atoms with Crippen LogP contribution in [-0.2, 0) is 11.3 Å². The molecular formula is C24H22BrN5O2S2. The first-order valence-corrected chi connectivity index (χ1v) is 13.1. The molecule has 1 unspecified atom stereocenters. The Labute approximate surface area is 214 Å². The lowest BCUT2D eigenvalue weighted by Crippen LogP contribution is -2.15. The first-order valence-electron chi connectivity index (χ1n) is 10.4. The Balaban J connectivity index is 1.38. The molecule has 0 spiro atoms. The van der Waals surface area contributed by atoms with Crippen molar-refractivity contribution < 1.29 is 9.53 Å². The van der Waals surface area contributed by atoms with Gasteiger partial charge in [0, 0.05) is 22.0 Å². The standard InChI is InChI=1S/C24H22BrN5O2S2/c1-3-13-30-22(16(2)32-19-7-5-4-6-8-19)28-29-24(30)34-15-21(31)27-23-26-20(14-33-23)17-9-11-18(25)12-10-17/h3-12,14,16H,1,13,15H2,2H3,(H,26,27,31). The van der Waals surface area contributed by atoms with Gasteiger partial charge in [0.25, 0.3) is 0 Å². The van der Waals surface area contributed by atoms with Gasteiger partial charge in [0.1, 0.15) is 5.75 Å². The summed E-state index contributed by atoms with van der Waals surface area (Å²) in [6, 6.07) is 17.4. The molecule has 0 saturated carbocycles. The number of carbonyl (C=O) groups excluding carboxylic acids is 1. The van der Waals surface area contributed by atoms with E-state index in [-0.39, 0.29) is 17.8 Å². The van der Waals surface area contributed by atoms with E-state index in [1.54, 1.807) is 6.08 Å². The van der Waals surface area contributed by atoms with Crippen molar-refractivity contribution in [3.8, 4) is 17.0 Å². The number of thioether (sulfide) groups is 1. The molecule has 0 radical (unpaired) electrons. The highest BCUT2D eigenvalue weighted by Gasteiger charge is 2.20. The highest BCUT2D eigenvalue weighted by atomic mass is 79.9. The van der Waals surface area contributed by atoms with Gasteiger partial charge >= 0.3 is 0 Å². The van der Waals surface area contributed by atoms with Crippen molar-refractivity contribution in [1.82, 2.24) is 19.7 Å². The number of benzene rings is 2. The molecule has 4 rings (SSSR count). The number of halogens is 1. The quantitative estimate of drug-likeness (QED) is 0.185. The predicted molar refractivity (Wildman–Crippen MR) is 140 cm³/mol. The minimum Gasteiger partial charge on any atom is -0.483 e. The lowest BCUT2D eigenvalue weighted by Gasteiger charge is -2.15. The van der Waals surface area contributed by atoms with Gasteiger partial charge in [-0.2, -0.15) is 0 Å². The molecule has 7 nitrogen and oxygen atoms in total. The molecule has 4 aromatic rings. The van der Waals surface area contributed by atoms with Crippen LogP contribution in [0.5, 0.6) is 5.75 Å². The number of anilines is 1. The zero-order valence-corrected chi connectivity index (χ0v) is 21.6. The largest absolute Gasteiger partial charge is 0.483 e. The fourth-order valence-corrected chi connectivity index (χ4v) is 4.89. The Morgan fingerprint density at radius 3 is 2.74 bits per heavy atom. The third-order valence-electron chi connectivity index (χ3n) is 4.70. The van der Waals surface area contributed by atoms with Crippen molar-refractivity contribution in [2.75, 3.05) is 11.1 Å². The van der Waals surface area contributed by atoms with Crippen LogP contribution < -0.4 is 10.1 Å². The zero-order chi connectivity index (χ0) is 23.9. The maximum absolute atomic E-state index is 12.6. The average molecular weight is 557 g/mol. The van der Waals surface area contributed by atoms with Crippen molar-refractivity contribution in [1.29, 1.82) is 0 Å². The molecule has 0 aliphatic carbocycles. The summed E-state index contributed by atoms with van der Waals surface area (Å²) in [5, 5.41) is 14.6. The van der Waals surface area contributed by atoms with Crippen LogP contribution >= 0.6 is 39.0 Å². The molecule has 1 amide bonds. The molecule has 174 valence electrons. The van der Waals surface area contributed by atoms with Gasteiger partial charge < -0.3 is 10.1 Å². The first-order chi connectivity index (χ1) is 16.5. The number of nitrogens with one attached hydrogen (secondary N) is 1. The molecule has 10 heteroatoms. The van der Waals surface area contributed by atoms with Crippen LogP contribution in [-0.4, -0.2) is 31.4 Å². The van der Waals surface area contributed by atoms with E-state index in [9.17, 15) is 4.79 Å². The second kappa shape index (κ2) is 11.5. The molecule has 0 aliphatic rings. The molecule has 0 aliphatic heterocycles. The molecule has 0 saturated heterocycles. The lowest BCUT2D eigenvalue weighted by atomic mass is 10.2. The third-order valence-corrected chi connectivity index (χ3v) is 6.95. The molecular weight excluding hydrogens is 534 g/mol. The number of thiazole rings is 1. The number of aromatic nitrogens is 4. The molecule has 34 heavy (non-hydrogen) atoms. The Kier molecular flexibility index (Phi) is 8.15. The summed E-state index contributed by atoms with van der Waals surface area (Å²) in [6.45, 7) is 6.26. The van der Waals surface area contributed by atoms with Crippen LogP contribution in [0, 0.1) is 0 Å². The second-order valence-corrected chi connectivity index (χ2v) is 9.91. The van der Waals surface area contributed by atoms with Crippen molar-refractivity contribution in [3.05, 3.63) is 82.9 Å². The first kappa shape index (κ1) is 24.2. The number of rotatable bonds is 10. The monoisotopic (exact) mass is 555 g/mol. The summed E-state index contributed by atoms with van der Waals surface area (Å²) >= 11 is 6.13. The summed E-state index contributed by atoms with van der Waals surface area (Å²) in [5.74, 6) is 1.44. The Morgan fingerprint density at radius 2 is 2.00 bits per heavy atom. The number of carbonyl (C=O) groups is 1. The van der Waals surface area contributed by atoms with Crippen LogP contribution in [0.15, 0.2) is 82.3 Å². The number of nitrogens with zero attached hydrogens (tertiary/aromatic N) is 4. The molecule has 2 aromatic heterocycles. The topological polar surface area (TPSA) is 81.9 Å². The minimum atomic E-state index is -0.314. The van der Waals surface area contributed by atoms with Gasteiger partial charge in [-0.05, 0) is 31.2 Å². The minimum absolute atomic E-state index is 0.162. The third kappa shape index (κ3) is 6.13. The summed E-state index contributed by atoms with van der Waals surface area (Å²) in [6.07, 6.45) is 1.45. The number of hydrogen-bond donors (Lipinski definition) is 1. The van der Waals surface area contributed by atoms with Gasteiger partial charge in [-0.15, -0.1) is 28.1 Å². The van der Waals surface area contributed by atoms with Crippen molar-refractivity contribution in [2.45, 2.75) is 24.7 Å². The Morgan fingerprint density at radius 1 is 1.24 bits per heavy atom. The Bertz CT molecular complexity index is 1260. The normalized spacial score (nSPS) is 11.7. The number of allylic oxidation sites excluding steroid dienone is 1. The average Bonchev–Trinajstić information content (AvgIpc) is 3.46. The Hall–Kier alpha value is -2.95. The van der Waals surface area contributed by atoms with Gasteiger partial charge in [-0.1, -0.05) is 64.1 Å². The highest BCUT2D eigenvalue weighted by Crippen LogP contribution is 2.27. The van der Waals surface area contributed by atoms with E-state index in [4.69, 9.17) is 4.74 Å². The number of para-hydroxylation sites is 1. The van der Waals surface area contributed by atoms with Gasteiger partial charge in [0.15, 0.2) is 22.2 Å². The molecule has 2 aromatic carbocycles. The van der Waals surface area contributed by atoms with Crippen LogP contribution in [0.1, 0.15) is 18.9 Å². The van der Waals surface area contributed by atoms with E-state index in [0.717, 1.165) is 21.5 Å². The highest BCUT2D eigenvalue weighted by molar-refractivity contribution is 9.10. The molecule has 0 bridgehead atoms. The maximum atomic E-state index is 12.6. The van der Waals surface area contributed by atoms with Crippen LogP contribution in [0.4, 0.5) is 5.13 Å². The maximum Gasteiger partial charge on any atom is 0.236 e. The second-order valence-electron chi connectivity index (χ2n) is 7.19. The predicted octanol–water partition coefficient (Wildman–Crippen LogP) is 6.22. The van der Waals surface area contributed by atoms with Crippen molar-refractivity contribution in [3.63, 3.8) is 0 Å². The van der Waals surface area contributed by atoms with Gasteiger partial charge in [-0.25, -0.2) is 4.98 Å². The van der Waals surface area contributed by atoms with Gasteiger partial charge in [0.2, 0.25) is 5.91 Å². The molecule has 1 N–H and O–H groups in total. The summed E-state index contributed by atoms with van der Waals surface area (Å²) < 4.78 is 8.91. The van der Waals surface area contributed by atoms with Crippen LogP contribution in [0.25, 0.3) is 11.3 Å². The van der Waals surface area contributed by atoms with E-state index in [1.165, 1.54) is 23.1 Å². The van der Waals surface area contributed by atoms with Crippen molar-refractivity contribution >= 4 is 50.1 Å². The SMILES string of the molecule is C=CCn1c(SCC(=O)Nc2nc(-c3ccc(Br)cc3)cs2)nnc1C(C)Oc1ccccc1. The zero-order valence-electron chi connectivity index (χ0n) is 18.3. The number of amides is 1. The van der Waals surface area contributed by atoms with Crippen molar-refractivity contribution in [2.24, 2.45) is 0 Å². The van der Waals surface area contributed by atoms with E-state index >= 15 is 0 Å². The summed E-state index contributed by atoms with van der Waals surface area (Å²) in [4.78, 5) is 17.1. The smallest absolute Gasteiger partial charge is 0.236 e. The fraction of sp³-hybridized carbons (Fsp3) is 0.167. The molecule has 2 heterocycles. The lowest BCUT2D eigenvalue weighted by molar-refractivity contribution is -0.113. The van der Waals surface area contributed by atoms with E-state index in [0.29, 0.717) is 22.7 Å². The van der Waals surface area contributed by atoms with Crippen LogP contribution in [0.3, 0.4) is 0 Å². The number of ether oxygens (including phenoxy) is 1. The van der Waals surface area contributed by atoms with E-state index in [2.05, 4.69) is 43.0 Å². The number of hydrogen-bond acceptors (Lipinski definition) is 7. The molecule has 1 atom stereocenters. The van der Waals surface area contributed by atoms with Crippen LogP contribution in [0.2, 0.25) is 0 Å². The summed E-state index contributed by atoms with van der Waals surface area (Å²) in [7, 11) is 0. The van der Waals surface area contributed by atoms with Gasteiger partial charge in [-0.3, -0.25) is 9.36 Å².